The lowest BCUT2D eigenvalue weighted by molar-refractivity contribution is -0.0211. The lowest BCUT2D eigenvalue weighted by atomic mass is 9.85. The van der Waals surface area contributed by atoms with E-state index in [4.69, 9.17) is 9.84 Å². The number of aliphatic hydroxyl groups excluding tert-OH is 1. The first-order chi connectivity index (χ1) is 9.33. The Morgan fingerprint density at radius 3 is 3.05 bits per heavy atom. The van der Waals surface area contributed by atoms with Gasteiger partial charge < -0.3 is 9.84 Å². The average molecular weight is 278 g/mol. The molecule has 0 aromatic carbocycles. The smallest absolute Gasteiger partial charge is 0.104 e. The fraction of sp³-hybridized carbons (Fsp3) is 0.625. The van der Waals surface area contributed by atoms with Crippen molar-refractivity contribution in [2.75, 3.05) is 6.61 Å². The molecule has 2 nitrogen and oxygen atoms in total. The van der Waals surface area contributed by atoms with E-state index in [2.05, 4.69) is 24.8 Å². The van der Waals surface area contributed by atoms with Crippen LogP contribution in [0.2, 0.25) is 0 Å². The topological polar surface area (TPSA) is 29.5 Å². The largest absolute Gasteiger partial charge is 0.384 e. The molecule has 3 heteroatoms. The van der Waals surface area contributed by atoms with E-state index >= 15 is 0 Å². The molecule has 1 fully saturated rings. The van der Waals surface area contributed by atoms with Crippen LogP contribution in [0.4, 0.5) is 0 Å². The molecule has 1 N–H and O–H groups in total. The van der Waals surface area contributed by atoms with Gasteiger partial charge in [-0.25, -0.2) is 0 Å². The molecule has 0 aliphatic heterocycles. The third kappa shape index (κ3) is 4.35. The third-order valence-corrected chi connectivity index (χ3v) is 4.68. The van der Waals surface area contributed by atoms with Gasteiger partial charge in [0, 0.05) is 15.8 Å². The number of aliphatic hydroxyl groups is 1. The number of ether oxygens (including phenoxy) is 1. The summed E-state index contributed by atoms with van der Waals surface area (Å²) in [5.74, 6) is 6.34. The molecule has 1 aliphatic carbocycles. The lowest BCUT2D eigenvalue weighted by Gasteiger charge is -2.30. The van der Waals surface area contributed by atoms with Crippen molar-refractivity contribution in [3.8, 4) is 11.8 Å². The molecule has 19 heavy (non-hydrogen) atoms. The van der Waals surface area contributed by atoms with E-state index in [1.165, 1.54) is 37.0 Å². The molecule has 2 rings (SSSR count). The van der Waals surface area contributed by atoms with Crippen molar-refractivity contribution in [3.63, 3.8) is 0 Å². The minimum atomic E-state index is -0.0814. The van der Waals surface area contributed by atoms with Crippen molar-refractivity contribution < 1.29 is 9.84 Å². The monoisotopic (exact) mass is 278 g/mol. The first kappa shape index (κ1) is 14.6. The highest BCUT2D eigenvalue weighted by Crippen LogP contribution is 2.30. The van der Waals surface area contributed by atoms with Gasteiger partial charge in [0.2, 0.25) is 0 Å². The van der Waals surface area contributed by atoms with Crippen LogP contribution in [0.1, 0.15) is 49.5 Å². The molecule has 1 saturated carbocycles. The maximum atomic E-state index is 8.67. The maximum absolute atomic E-state index is 8.67. The maximum Gasteiger partial charge on any atom is 0.104 e. The van der Waals surface area contributed by atoms with Crippen molar-refractivity contribution in [3.05, 3.63) is 21.9 Å². The summed E-state index contributed by atoms with van der Waals surface area (Å²) in [6.07, 6.45) is 6.85. The fourth-order valence-corrected chi connectivity index (χ4v) is 3.45. The minimum absolute atomic E-state index is 0.0814. The van der Waals surface area contributed by atoms with Gasteiger partial charge in [0.1, 0.15) is 6.61 Å². The first-order valence-corrected chi connectivity index (χ1v) is 8.00. The van der Waals surface area contributed by atoms with Gasteiger partial charge in [-0.15, -0.1) is 11.3 Å². The lowest BCUT2D eigenvalue weighted by Crippen LogP contribution is -2.26. The van der Waals surface area contributed by atoms with Gasteiger partial charge in [0.15, 0.2) is 0 Å². The van der Waals surface area contributed by atoms with Crippen LogP contribution in [-0.2, 0) is 11.3 Å². The molecule has 1 heterocycles. The van der Waals surface area contributed by atoms with E-state index in [1.807, 2.05) is 5.38 Å². The third-order valence-electron chi connectivity index (χ3n) is 3.77. The summed E-state index contributed by atoms with van der Waals surface area (Å²) in [5, 5.41) is 10.7. The summed E-state index contributed by atoms with van der Waals surface area (Å²) in [7, 11) is 0. The van der Waals surface area contributed by atoms with Gasteiger partial charge in [0.25, 0.3) is 0 Å². The summed E-state index contributed by atoms with van der Waals surface area (Å²) < 4.78 is 6.10. The Labute approximate surface area is 119 Å². The van der Waals surface area contributed by atoms with Gasteiger partial charge in [0.05, 0.1) is 12.7 Å². The van der Waals surface area contributed by atoms with Crippen molar-refractivity contribution >= 4 is 11.3 Å². The number of hydrogen-bond acceptors (Lipinski definition) is 3. The summed E-state index contributed by atoms with van der Waals surface area (Å²) in [5.41, 5.74) is 0.980. The van der Waals surface area contributed by atoms with E-state index in [0.717, 1.165) is 11.5 Å². The summed E-state index contributed by atoms with van der Waals surface area (Å²) in [6, 6.07) is 2.07. The molecule has 2 unspecified atom stereocenters. The molecule has 104 valence electrons. The molecule has 0 amide bonds. The van der Waals surface area contributed by atoms with Crippen LogP contribution in [0.5, 0.6) is 0 Å². The standard InChI is InChI=1S/C16H22O2S/c1-2-14-7-3-4-8-16(14)18-11-15-10-13(12-19-15)6-5-9-17/h10,12,14,16-17H,2-4,7-9,11H2,1H3. The van der Waals surface area contributed by atoms with E-state index in [1.54, 1.807) is 11.3 Å². The predicted molar refractivity (Wildman–Crippen MR) is 79.1 cm³/mol. The van der Waals surface area contributed by atoms with Crippen LogP contribution >= 0.6 is 11.3 Å². The van der Waals surface area contributed by atoms with E-state index < -0.39 is 0 Å². The molecular weight excluding hydrogens is 256 g/mol. The summed E-state index contributed by atoms with van der Waals surface area (Å²) in [6.45, 7) is 2.88. The van der Waals surface area contributed by atoms with E-state index in [0.29, 0.717) is 12.7 Å². The Kier molecular flexibility index (Phi) is 5.91. The number of rotatable bonds is 4. The minimum Gasteiger partial charge on any atom is -0.384 e. The van der Waals surface area contributed by atoms with Gasteiger partial charge in [-0.3, -0.25) is 0 Å². The van der Waals surface area contributed by atoms with Gasteiger partial charge >= 0.3 is 0 Å². The van der Waals surface area contributed by atoms with E-state index in [9.17, 15) is 0 Å². The van der Waals surface area contributed by atoms with Crippen molar-refractivity contribution in [1.29, 1.82) is 0 Å². The predicted octanol–water partition coefficient (Wildman–Crippen LogP) is 3.58. The van der Waals surface area contributed by atoms with Crippen molar-refractivity contribution in [1.82, 2.24) is 0 Å². The zero-order valence-corrected chi connectivity index (χ0v) is 12.3. The van der Waals surface area contributed by atoms with Gasteiger partial charge in [-0.2, -0.15) is 0 Å². The highest BCUT2D eigenvalue weighted by atomic mass is 32.1. The molecule has 0 radical (unpaired) electrons. The Morgan fingerprint density at radius 1 is 1.42 bits per heavy atom. The van der Waals surface area contributed by atoms with Crippen LogP contribution < -0.4 is 0 Å². The second-order valence-corrected chi connectivity index (χ2v) is 6.06. The number of hydrogen-bond donors (Lipinski definition) is 1. The van der Waals surface area contributed by atoms with Gasteiger partial charge in [-0.05, 0) is 24.8 Å². The van der Waals surface area contributed by atoms with Crippen LogP contribution in [-0.4, -0.2) is 17.8 Å². The zero-order valence-electron chi connectivity index (χ0n) is 11.5. The van der Waals surface area contributed by atoms with Crippen LogP contribution in [0.15, 0.2) is 11.4 Å². The fourth-order valence-electron chi connectivity index (χ4n) is 2.71. The molecule has 0 spiro atoms. The summed E-state index contributed by atoms with van der Waals surface area (Å²) in [4.78, 5) is 1.22. The quantitative estimate of drug-likeness (QED) is 0.853. The molecule has 1 aromatic heterocycles. The van der Waals surface area contributed by atoms with Crippen molar-refractivity contribution in [2.45, 2.75) is 51.7 Å². The normalized spacial score (nSPS) is 22.8. The molecule has 1 aromatic rings. The zero-order chi connectivity index (χ0) is 13.5. The Balaban J connectivity index is 1.85. The molecular formula is C16H22O2S. The Bertz CT molecular complexity index is 441. The second kappa shape index (κ2) is 7.69. The Hall–Kier alpha value is -0.820. The highest BCUT2D eigenvalue weighted by molar-refractivity contribution is 7.10. The van der Waals surface area contributed by atoms with Crippen LogP contribution in [0, 0.1) is 17.8 Å². The van der Waals surface area contributed by atoms with Crippen molar-refractivity contribution in [2.24, 2.45) is 5.92 Å². The van der Waals surface area contributed by atoms with Gasteiger partial charge in [-0.1, -0.05) is 38.0 Å². The average Bonchev–Trinajstić information content (AvgIpc) is 2.91. The van der Waals surface area contributed by atoms with Crippen LogP contribution in [0.25, 0.3) is 0 Å². The van der Waals surface area contributed by atoms with Crippen LogP contribution in [0.3, 0.4) is 0 Å². The molecule has 2 atom stereocenters. The Morgan fingerprint density at radius 2 is 2.26 bits per heavy atom. The second-order valence-electron chi connectivity index (χ2n) is 5.06. The molecule has 1 aliphatic rings. The van der Waals surface area contributed by atoms with E-state index in [-0.39, 0.29) is 6.61 Å². The number of thiophene rings is 1. The highest BCUT2D eigenvalue weighted by Gasteiger charge is 2.24. The first-order valence-electron chi connectivity index (χ1n) is 7.12. The summed E-state index contributed by atoms with van der Waals surface area (Å²) >= 11 is 1.69. The molecule has 0 saturated heterocycles. The SMILES string of the molecule is CCC1CCCCC1OCc1cc(C#CCO)cs1. The molecule has 0 bridgehead atoms.